The van der Waals surface area contributed by atoms with E-state index in [0.29, 0.717) is 0 Å². The van der Waals surface area contributed by atoms with E-state index in [-0.39, 0.29) is 30.1 Å². The largest absolute Gasteiger partial charge is 0.319 e. The Bertz CT molecular complexity index is 697. The Morgan fingerprint density at radius 1 is 1.12 bits per heavy atom. The summed E-state index contributed by atoms with van der Waals surface area (Å²) < 4.78 is 52.6. The summed E-state index contributed by atoms with van der Waals surface area (Å²) in [6, 6.07) is -0.554. The number of rotatable bonds is 2. The molecule has 1 heterocycles. The Labute approximate surface area is 149 Å². The van der Waals surface area contributed by atoms with E-state index in [9.17, 15) is 17.6 Å². The number of hydrogen-bond acceptors (Lipinski definition) is 3. The van der Waals surface area contributed by atoms with Gasteiger partial charge < -0.3 is 10.6 Å². The molecule has 3 rings (SSSR count). The maximum Gasteiger partial charge on any atom is 0.252 e. The Balaban J connectivity index is 1.83. The van der Waals surface area contributed by atoms with Crippen LogP contribution in [-0.4, -0.2) is 35.5 Å². The molecular weight excluding hydrogens is 350 g/mol. The zero-order chi connectivity index (χ0) is 19.4. The molecule has 26 heavy (non-hydrogen) atoms. The Kier molecular flexibility index (Phi) is 4.26. The third-order valence-electron chi connectivity index (χ3n) is 4.50. The molecule has 144 valence electrons. The molecule has 3 aliphatic rings. The fourth-order valence-corrected chi connectivity index (χ4v) is 3.01. The van der Waals surface area contributed by atoms with Gasteiger partial charge in [-0.2, -0.15) is 0 Å². The topological polar surface area (TPSA) is 74.8 Å². The minimum Gasteiger partial charge on any atom is -0.319 e. The number of hydrogen-bond donors (Lipinski definition) is 3. The van der Waals surface area contributed by atoms with Crippen LogP contribution in [0.4, 0.5) is 17.6 Å². The number of nitrogens with one attached hydrogen (secondary N) is 2. The molecule has 0 radical (unpaired) electrons. The number of nitrogens with zero attached hydrogens (tertiary/aromatic N) is 2. The Morgan fingerprint density at radius 3 is 2.19 bits per heavy atom. The van der Waals surface area contributed by atoms with Gasteiger partial charge in [-0.25, -0.2) is 27.5 Å². The minimum absolute atomic E-state index is 0.149. The van der Waals surface area contributed by atoms with Gasteiger partial charge in [0.05, 0.1) is 6.04 Å². The Morgan fingerprint density at radius 2 is 1.69 bits per heavy atom. The second-order valence-electron chi connectivity index (χ2n) is 8.39. The second kappa shape index (κ2) is 5.84. The summed E-state index contributed by atoms with van der Waals surface area (Å²) in [5.74, 6) is -1.37. The van der Waals surface area contributed by atoms with Crippen molar-refractivity contribution in [2.45, 2.75) is 70.1 Å². The second-order valence-corrected chi connectivity index (χ2v) is 8.39. The molecule has 5 nitrogen and oxygen atoms in total. The summed E-state index contributed by atoms with van der Waals surface area (Å²) in [5.41, 5.74) is 5.92. The van der Waals surface area contributed by atoms with Crippen molar-refractivity contribution in [3.63, 3.8) is 0 Å². The maximum atomic E-state index is 13.3. The quantitative estimate of drug-likeness (QED) is 0.514. The highest BCUT2D eigenvalue weighted by Crippen LogP contribution is 2.47. The predicted octanol–water partition coefficient (Wildman–Crippen LogP) is 2.44. The van der Waals surface area contributed by atoms with Gasteiger partial charge in [0.15, 0.2) is 11.6 Å². The van der Waals surface area contributed by atoms with E-state index >= 15 is 0 Å². The Hall–Kier alpha value is -1.82. The molecule has 1 aliphatic heterocycles. The van der Waals surface area contributed by atoms with E-state index in [1.165, 1.54) is 0 Å². The minimum atomic E-state index is -2.76. The molecule has 1 atom stereocenters. The molecule has 9 heteroatoms. The molecule has 0 aromatic rings. The molecule has 0 aromatic heterocycles. The molecule has 0 amide bonds. The van der Waals surface area contributed by atoms with Crippen LogP contribution in [0.15, 0.2) is 9.98 Å². The summed E-state index contributed by atoms with van der Waals surface area (Å²) in [6.07, 6.45) is -1.48. The molecule has 0 saturated heterocycles. The first-order chi connectivity index (χ1) is 11.8. The van der Waals surface area contributed by atoms with Crippen molar-refractivity contribution in [3.8, 4) is 11.8 Å². The van der Waals surface area contributed by atoms with E-state index in [1.54, 1.807) is 0 Å². The third-order valence-corrected chi connectivity index (χ3v) is 4.50. The highest BCUT2D eigenvalue weighted by molar-refractivity contribution is 6.10. The van der Waals surface area contributed by atoms with Crippen molar-refractivity contribution in [1.82, 2.24) is 10.6 Å². The van der Waals surface area contributed by atoms with E-state index in [4.69, 9.17) is 5.73 Å². The average molecular weight is 373 g/mol. The zero-order valence-electron chi connectivity index (χ0n) is 15.0. The van der Waals surface area contributed by atoms with Crippen LogP contribution in [0.5, 0.6) is 0 Å². The first-order valence-corrected chi connectivity index (χ1v) is 8.56. The van der Waals surface area contributed by atoms with Crippen molar-refractivity contribution in [1.29, 1.82) is 0 Å². The van der Waals surface area contributed by atoms with Gasteiger partial charge in [-0.1, -0.05) is 5.92 Å². The molecule has 1 unspecified atom stereocenters. The number of alkyl halides is 4. The molecule has 4 N–H and O–H groups in total. The molecular formula is C17H23F4N5. The number of aliphatic imine (C=N–C) groups is 2. The van der Waals surface area contributed by atoms with E-state index < -0.39 is 42.4 Å². The van der Waals surface area contributed by atoms with Gasteiger partial charge in [0.1, 0.15) is 0 Å². The van der Waals surface area contributed by atoms with E-state index in [1.807, 2.05) is 20.8 Å². The van der Waals surface area contributed by atoms with Crippen LogP contribution in [0.3, 0.4) is 0 Å². The van der Waals surface area contributed by atoms with Gasteiger partial charge in [0, 0.05) is 37.0 Å². The lowest BCUT2D eigenvalue weighted by Gasteiger charge is -2.46. The van der Waals surface area contributed by atoms with Gasteiger partial charge in [-0.15, -0.1) is 0 Å². The first-order valence-electron chi connectivity index (χ1n) is 8.56. The number of amidine groups is 1. The van der Waals surface area contributed by atoms with Crippen molar-refractivity contribution in [2.75, 3.05) is 0 Å². The lowest BCUT2D eigenvalue weighted by molar-refractivity contribution is -0.132. The van der Waals surface area contributed by atoms with E-state index in [0.717, 1.165) is 0 Å². The van der Waals surface area contributed by atoms with Crippen molar-refractivity contribution in [2.24, 2.45) is 27.1 Å². The number of halogens is 4. The van der Waals surface area contributed by atoms with Crippen LogP contribution >= 0.6 is 0 Å². The standard InChI is InChI=1S/C17H23F4N5/c1-14(2,3)5-4-12-24-13(23-11-8-16(20,21)9-11)26-17(22,25-12)10-6-15(18,19)7-10/h10-11H,6-9,22H2,1-3H3,(H2,23,24,25,26). The summed E-state index contributed by atoms with van der Waals surface area (Å²) in [7, 11) is 0. The van der Waals surface area contributed by atoms with Crippen LogP contribution < -0.4 is 16.4 Å². The normalized spacial score (nSPS) is 32.3. The van der Waals surface area contributed by atoms with Crippen LogP contribution in [0, 0.1) is 23.2 Å². The molecule has 0 bridgehead atoms. The molecule has 0 spiro atoms. The van der Waals surface area contributed by atoms with Crippen LogP contribution in [0.2, 0.25) is 0 Å². The highest BCUT2D eigenvalue weighted by atomic mass is 19.3. The number of nitrogens with two attached hydrogens (primary N) is 1. The summed E-state index contributed by atoms with van der Waals surface area (Å²) >= 11 is 0. The average Bonchev–Trinajstić information content (AvgIpc) is 2.39. The fraction of sp³-hybridized carbons (Fsp3) is 0.765. The molecule has 2 fully saturated rings. The zero-order valence-corrected chi connectivity index (χ0v) is 15.0. The lowest BCUT2D eigenvalue weighted by Crippen LogP contribution is -2.69. The summed E-state index contributed by atoms with van der Waals surface area (Å²) in [4.78, 5) is 8.47. The van der Waals surface area contributed by atoms with E-state index in [2.05, 4.69) is 32.5 Å². The van der Waals surface area contributed by atoms with Crippen LogP contribution in [-0.2, 0) is 0 Å². The van der Waals surface area contributed by atoms with Gasteiger partial charge >= 0.3 is 0 Å². The van der Waals surface area contributed by atoms with Crippen molar-refractivity contribution in [3.05, 3.63) is 0 Å². The first kappa shape index (κ1) is 19.0. The third kappa shape index (κ3) is 4.29. The fourth-order valence-electron chi connectivity index (χ4n) is 3.01. The van der Waals surface area contributed by atoms with Crippen molar-refractivity contribution < 1.29 is 17.6 Å². The van der Waals surface area contributed by atoms with Crippen LogP contribution in [0.1, 0.15) is 46.5 Å². The van der Waals surface area contributed by atoms with Gasteiger partial charge in [0.25, 0.3) is 5.92 Å². The predicted molar refractivity (Wildman–Crippen MR) is 90.9 cm³/mol. The maximum absolute atomic E-state index is 13.3. The molecule has 2 saturated carbocycles. The van der Waals surface area contributed by atoms with Gasteiger partial charge in [-0.05, 0) is 26.7 Å². The smallest absolute Gasteiger partial charge is 0.252 e. The highest BCUT2D eigenvalue weighted by Gasteiger charge is 2.55. The summed E-state index contributed by atoms with van der Waals surface area (Å²) in [5, 5.41) is 5.64. The van der Waals surface area contributed by atoms with Crippen molar-refractivity contribution >= 4 is 11.8 Å². The molecule has 2 aliphatic carbocycles. The lowest BCUT2D eigenvalue weighted by atomic mass is 9.76. The SMILES string of the molecule is CC(C)(C)C#CC1=NC(N)(C2CC(F)(F)C2)NC(=NC2CC(F)(F)C2)N1. The molecule has 0 aromatic carbocycles. The summed E-state index contributed by atoms with van der Waals surface area (Å²) in [6.45, 7) is 5.74. The number of guanidine groups is 1. The monoisotopic (exact) mass is 373 g/mol. The van der Waals surface area contributed by atoms with Gasteiger partial charge in [0.2, 0.25) is 11.9 Å². The van der Waals surface area contributed by atoms with Gasteiger partial charge in [-0.3, -0.25) is 5.73 Å². The van der Waals surface area contributed by atoms with Crippen LogP contribution in [0.25, 0.3) is 0 Å².